The van der Waals surface area contributed by atoms with Gasteiger partial charge in [-0.15, -0.1) is 0 Å². The van der Waals surface area contributed by atoms with Gasteiger partial charge in [-0.2, -0.15) is 0 Å². The SMILES string of the molecule is O=C([C@H]1C[C@H]2CN(Cc3ccncc3)C[C@H]1O2)N1CCOCC1. The molecule has 1 amide bonds. The van der Waals surface area contributed by atoms with Crippen LogP contribution in [0.1, 0.15) is 12.0 Å². The van der Waals surface area contributed by atoms with Crippen molar-refractivity contribution in [3.05, 3.63) is 30.1 Å². The first-order chi connectivity index (χ1) is 11.3. The Morgan fingerprint density at radius 1 is 1.22 bits per heavy atom. The highest BCUT2D eigenvalue weighted by Crippen LogP contribution is 2.33. The third-order valence-electron chi connectivity index (χ3n) is 5.03. The number of pyridine rings is 1. The van der Waals surface area contributed by atoms with E-state index in [9.17, 15) is 4.79 Å². The lowest BCUT2D eigenvalue weighted by molar-refractivity contribution is -0.142. The number of amides is 1. The summed E-state index contributed by atoms with van der Waals surface area (Å²) < 4.78 is 11.4. The molecule has 3 atom stereocenters. The summed E-state index contributed by atoms with van der Waals surface area (Å²) in [7, 11) is 0. The molecule has 4 rings (SSSR count). The Morgan fingerprint density at radius 2 is 2.00 bits per heavy atom. The van der Waals surface area contributed by atoms with Crippen LogP contribution >= 0.6 is 0 Å². The molecule has 0 N–H and O–H groups in total. The number of carbonyl (C=O) groups excluding carboxylic acids is 1. The van der Waals surface area contributed by atoms with Gasteiger partial charge in [-0.05, 0) is 24.1 Å². The van der Waals surface area contributed by atoms with Crippen molar-refractivity contribution in [1.29, 1.82) is 0 Å². The Bertz CT molecular complexity index is 547. The molecule has 1 aromatic rings. The maximum Gasteiger partial charge on any atom is 0.228 e. The number of hydrogen-bond donors (Lipinski definition) is 0. The highest BCUT2D eigenvalue weighted by Gasteiger charge is 2.45. The Kier molecular flexibility index (Phi) is 4.29. The minimum Gasteiger partial charge on any atom is -0.378 e. The lowest BCUT2D eigenvalue weighted by Gasteiger charge is -2.34. The van der Waals surface area contributed by atoms with Crippen molar-refractivity contribution in [2.75, 3.05) is 39.4 Å². The van der Waals surface area contributed by atoms with Crippen molar-refractivity contribution >= 4 is 5.91 Å². The van der Waals surface area contributed by atoms with Crippen LogP contribution in [-0.4, -0.2) is 72.3 Å². The summed E-state index contributed by atoms with van der Waals surface area (Å²) in [4.78, 5) is 21.2. The van der Waals surface area contributed by atoms with E-state index >= 15 is 0 Å². The third-order valence-corrected chi connectivity index (χ3v) is 5.03. The Morgan fingerprint density at radius 3 is 2.78 bits per heavy atom. The molecule has 3 aliphatic heterocycles. The summed E-state index contributed by atoms with van der Waals surface area (Å²) >= 11 is 0. The van der Waals surface area contributed by atoms with Crippen LogP contribution in [0.2, 0.25) is 0 Å². The number of fused-ring (bicyclic) bond motifs is 2. The minimum atomic E-state index is 0.0144. The van der Waals surface area contributed by atoms with Crippen LogP contribution in [0.5, 0.6) is 0 Å². The van der Waals surface area contributed by atoms with E-state index < -0.39 is 0 Å². The first-order valence-corrected chi connectivity index (χ1v) is 8.43. The summed E-state index contributed by atoms with van der Waals surface area (Å²) in [6.45, 7) is 5.38. The number of ether oxygens (including phenoxy) is 2. The molecular weight excluding hydrogens is 294 g/mol. The number of hydrogen-bond acceptors (Lipinski definition) is 5. The fraction of sp³-hybridized carbons (Fsp3) is 0.647. The van der Waals surface area contributed by atoms with Gasteiger partial charge in [-0.3, -0.25) is 14.7 Å². The largest absolute Gasteiger partial charge is 0.378 e. The topological polar surface area (TPSA) is 54.9 Å². The summed E-state index contributed by atoms with van der Waals surface area (Å²) in [5.41, 5.74) is 1.26. The summed E-state index contributed by atoms with van der Waals surface area (Å²) in [6.07, 6.45) is 4.73. The normalized spacial score (nSPS) is 31.3. The van der Waals surface area contributed by atoms with Crippen LogP contribution in [0.3, 0.4) is 0 Å². The van der Waals surface area contributed by atoms with E-state index in [-0.39, 0.29) is 24.0 Å². The first-order valence-electron chi connectivity index (χ1n) is 8.43. The molecule has 6 heteroatoms. The molecule has 0 unspecified atom stereocenters. The fourth-order valence-electron chi connectivity index (χ4n) is 3.89. The quantitative estimate of drug-likeness (QED) is 0.814. The zero-order chi connectivity index (χ0) is 15.6. The lowest BCUT2D eigenvalue weighted by Crippen LogP contribution is -2.48. The molecule has 0 spiro atoms. The molecule has 0 radical (unpaired) electrons. The Hall–Kier alpha value is -1.50. The summed E-state index contributed by atoms with van der Waals surface area (Å²) in [6, 6.07) is 4.10. The zero-order valence-electron chi connectivity index (χ0n) is 13.3. The van der Waals surface area contributed by atoms with Gasteiger partial charge >= 0.3 is 0 Å². The van der Waals surface area contributed by atoms with Crippen molar-refractivity contribution in [2.24, 2.45) is 5.92 Å². The van der Waals surface area contributed by atoms with Crippen LogP contribution in [0.4, 0.5) is 0 Å². The molecule has 124 valence electrons. The molecule has 0 aliphatic carbocycles. The smallest absolute Gasteiger partial charge is 0.228 e. The highest BCUT2D eigenvalue weighted by molar-refractivity contribution is 5.80. The average Bonchev–Trinajstić information content (AvgIpc) is 2.90. The second-order valence-electron chi connectivity index (χ2n) is 6.63. The molecule has 3 saturated heterocycles. The molecule has 0 saturated carbocycles. The average molecular weight is 317 g/mol. The van der Waals surface area contributed by atoms with Crippen LogP contribution in [0.15, 0.2) is 24.5 Å². The molecule has 1 aromatic heterocycles. The van der Waals surface area contributed by atoms with Crippen LogP contribution in [-0.2, 0) is 20.8 Å². The predicted octanol–water partition coefficient (Wildman–Crippen LogP) is 0.530. The van der Waals surface area contributed by atoms with Crippen LogP contribution in [0.25, 0.3) is 0 Å². The van der Waals surface area contributed by atoms with E-state index in [1.54, 1.807) is 0 Å². The van der Waals surface area contributed by atoms with Crippen LogP contribution in [0, 0.1) is 5.92 Å². The second-order valence-corrected chi connectivity index (χ2v) is 6.63. The molecule has 6 nitrogen and oxygen atoms in total. The number of carbonyl (C=O) groups is 1. The molecule has 3 aliphatic rings. The van der Waals surface area contributed by atoms with Crippen molar-refractivity contribution in [3.8, 4) is 0 Å². The van der Waals surface area contributed by atoms with Gasteiger partial charge < -0.3 is 14.4 Å². The van der Waals surface area contributed by atoms with Crippen molar-refractivity contribution in [2.45, 2.75) is 25.2 Å². The van der Waals surface area contributed by atoms with Gasteiger partial charge in [0, 0.05) is 45.1 Å². The molecule has 2 bridgehead atoms. The zero-order valence-corrected chi connectivity index (χ0v) is 13.3. The first kappa shape index (κ1) is 15.1. The maximum absolute atomic E-state index is 12.8. The maximum atomic E-state index is 12.8. The highest BCUT2D eigenvalue weighted by atomic mass is 16.5. The van der Waals surface area contributed by atoms with Crippen LogP contribution < -0.4 is 0 Å². The van der Waals surface area contributed by atoms with E-state index in [0.29, 0.717) is 26.3 Å². The number of nitrogens with zero attached hydrogens (tertiary/aromatic N) is 3. The van der Waals surface area contributed by atoms with Gasteiger partial charge in [0.2, 0.25) is 5.91 Å². The van der Waals surface area contributed by atoms with E-state index in [0.717, 1.165) is 26.1 Å². The van der Waals surface area contributed by atoms with Gasteiger partial charge in [0.1, 0.15) is 0 Å². The van der Waals surface area contributed by atoms with Crippen molar-refractivity contribution in [3.63, 3.8) is 0 Å². The number of likely N-dealkylation sites (tertiary alicyclic amines) is 1. The van der Waals surface area contributed by atoms with Gasteiger partial charge in [0.25, 0.3) is 0 Å². The number of aromatic nitrogens is 1. The standard InChI is InChI=1S/C17H23N3O3/c21-17(20-5-7-22-8-6-20)15-9-14-11-19(12-16(15)23-14)10-13-1-3-18-4-2-13/h1-4,14-16H,5-12H2/t14-,15-,16+/m0/s1. The van der Waals surface area contributed by atoms with E-state index in [1.165, 1.54) is 5.56 Å². The fourth-order valence-corrected chi connectivity index (χ4v) is 3.89. The van der Waals surface area contributed by atoms with Crippen molar-refractivity contribution < 1.29 is 14.3 Å². The Labute approximate surface area is 136 Å². The predicted molar refractivity (Wildman–Crippen MR) is 83.7 cm³/mol. The summed E-state index contributed by atoms with van der Waals surface area (Å²) in [5, 5.41) is 0. The van der Waals surface area contributed by atoms with E-state index in [4.69, 9.17) is 9.47 Å². The van der Waals surface area contributed by atoms with E-state index in [2.05, 4.69) is 9.88 Å². The molecule has 3 fully saturated rings. The molecule has 0 aromatic carbocycles. The van der Waals surface area contributed by atoms with E-state index in [1.807, 2.05) is 29.4 Å². The summed E-state index contributed by atoms with van der Waals surface area (Å²) in [5.74, 6) is 0.270. The van der Waals surface area contributed by atoms with Gasteiger partial charge in [-0.25, -0.2) is 0 Å². The number of rotatable bonds is 3. The van der Waals surface area contributed by atoms with Gasteiger partial charge in [0.05, 0.1) is 31.3 Å². The molecular formula is C17H23N3O3. The van der Waals surface area contributed by atoms with Gasteiger partial charge in [0.15, 0.2) is 0 Å². The number of morpholine rings is 2. The Balaban J connectivity index is 1.39. The second kappa shape index (κ2) is 6.55. The lowest BCUT2D eigenvalue weighted by atomic mass is 9.98. The third kappa shape index (κ3) is 3.24. The monoisotopic (exact) mass is 317 g/mol. The minimum absolute atomic E-state index is 0.0144. The molecule has 23 heavy (non-hydrogen) atoms. The van der Waals surface area contributed by atoms with Gasteiger partial charge in [-0.1, -0.05) is 0 Å². The van der Waals surface area contributed by atoms with Crippen molar-refractivity contribution in [1.82, 2.24) is 14.8 Å². The molecule has 4 heterocycles.